The quantitative estimate of drug-likeness (QED) is 0.477. The summed E-state index contributed by atoms with van der Waals surface area (Å²) in [5.74, 6) is -0.340. The lowest BCUT2D eigenvalue weighted by molar-refractivity contribution is -0.384. The highest BCUT2D eigenvalue weighted by Crippen LogP contribution is 2.35. The molecule has 1 aromatic rings. The Hall–Kier alpha value is -2.90. The van der Waals surface area contributed by atoms with E-state index in [0.29, 0.717) is 12.3 Å². The Morgan fingerprint density at radius 2 is 2.19 bits per heavy atom. The van der Waals surface area contributed by atoms with Crippen LogP contribution >= 0.6 is 0 Å². The van der Waals surface area contributed by atoms with Gasteiger partial charge in [-0.25, -0.2) is 0 Å². The van der Waals surface area contributed by atoms with Crippen molar-refractivity contribution in [2.45, 2.75) is 32.1 Å². The van der Waals surface area contributed by atoms with Crippen molar-refractivity contribution in [1.82, 2.24) is 5.32 Å². The van der Waals surface area contributed by atoms with E-state index in [-0.39, 0.29) is 30.4 Å². The molecule has 1 N–H and O–H groups in total. The van der Waals surface area contributed by atoms with Crippen molar-refractivity contribution in [3.05, 3.63) is 40.0 Å². The van der Waals surface area contributed by atoms with Crippen molar-refractivity contribution in [2.75, 3.05) is 24.6 Å². The molecule has 0 unspecified atom stereocenters. The van der Waals surface area contributed by atoms with Gasteiger partial charge < -0.3 is 10.1 Å². The maximum Gasteiger partial charge on any atom is 0.271 e. The SMILES string of the molecule is O=C(CN1C(=O)COc2ccc([N+](=O)[O-])cc21)NCCC1=CCCCC1. The van der Waals surface area contributed by atoms with E-state index in [1.807, 2.05) is 0 Å². The Balaban J connectivity index is 1.62. The molecule has 0 radical (unpaired) electrons. The second-order valence-corrected chi connectivity index (χ2v) is 6.39. The standard InChI is InChI=1S/C18H21N3O5/c22-17(19-9-8-13-4-2-1-3-5-13)11-20-15-10-14(21(24)25)6-7-16(15)26-12-18(20)23/h4,6-7,10H,1-3,5,8-9,11-12H2,(H,19,22). The van der Waals surface area contributed by atoms with Crippen LogP contribution in [0.4, 0.5) is 11.4 Å². The lowest BCUT2D eigenvalue weighted by Gasteiger charge is -2.28. The van der Waals surface area contributed by atoms with Gasteiger partial charge in [-0.1, -0.05) is 11.6 Å². The van der Waals surface area contributed by atoms with E-state index in [1.54, 1.807) is 0 Å². The third kappa shape index (κ3) is 4.19. The van der Waals surface area contributed by atoms with Crippen LogP contribution in [-0.4, -0.2) is 36.4 Å². The zero-order chi connectivity index (χ0) is 18.5. The summed E-state index contributed by atoms with van der Waals surface area (Å²) in [6.07, 6.45) is 7.63. The predicted octanol–water partition coefficient (Wildman–Crippen LogP) is 2.33. The third-order valence-corrected chi connectivity index (χ3v) is 4.55. The molecule has 0 aromatic heterocycles. The zero-order valence-corrected chi connectivity index (χ0v) is 14.4. The third-order valence-electron chi connectivity index (χ3n) is 4.55. The van der Waals surface area contributed by atoms with Crippen molar-refractivity contribution in [1.29, 1.82) is 0 Å². The number of nitrogens with one attached hydrogen (secondary N) is 1. The van der Waals surface area contributed by atoms with E-state index in [2.05, 4.69) is 11.4 Å². The summed E-state index contributed by atoms with van der Waals surface area (Å²) in [6.45, 7) is 0.144. The lowest BCUT2D eigenvalue weighted by Crippen LogP contribution is -2.45. The maximum atomic E-state index is 12.2. The maximum absolute atomic E-state index is 12.2. The molecular formula is C18H21N3O5. The van der Waals surface area contributed by atoms with Gasteiger partial charge in [0.25, 0.3) is 11.6 Å². The fraction of sp³-hybridized carbons (Fsp3) is 0.444. The summed E-state index contributed by atoms with van der Waals surface area (Å²) >= 11 is 0. The highest BCUT2D eigenvalue weighted by atomic mass is 16.6. The van der Waals surface area contributed by atoms with Gasteiger partial charge in [0.1, 0.15) is 12.3 Å². The number of hydrogen-bond donors (Lipinski definition) is 1. The van der Waals surface area contributed by atoms with E-state index in [1.165, 1.54) is 41.5 Å². The molecule has 1 aliphatic carbocycles. The largest absolute Gasteiger partial charge is 0.482 e. The average Bonchev–Trinajstić information content (AvgIpc) is 2.64. The Labute approximate surface area is 151 Å². The Morgan fingerprint density at radius 3 is 2.92 bits per heavy atom. The molecule has 26 heavy (non-hydrogen) atoms. The molecule has 8 heteroatoms. The summed E-state index contributed by atoms with van der Waals surface area (Å²) < 4.78 is 5.29. The van der Waals surface area contributed by atoms with Gasteiger partial charge >= 0.3 is 0 Å². The molecule has 2 amide bonds. The van der Waals surface area contributed by atoms with Crippen molar-refractivity contribution in [3.8, 4) is 5.75 Å². The number of rotatable bonds is 6. The van der Waals surface area contributed by atoms with Gasteiger partial charge in [0, 0.05) is 18.7 Å². The number of nitrogens with zero attached hydrogens (tertiary/aromatic N) is 2. The first kappa shape index (κ1) is 17.9. The number of allylic oxidation sites excluding steroid dienone is 1. The Morgan fingerprint density at radius 1 is 1.35 bits per heavy atom. The number of nitro groups is 1. The summed E-state index contributed by atoms with van der Waals surface area (Å²) in [6, 6.07) is 4.01. The summed E-state index contributed by atoms with van der Waals surface area (Å²) in [7, 11) is 0. The summed E-state index contributed by atoms with van der Waals surface area (Å²) in [4.78, 5) is 36.0. The number of benzene rings is 1. The first-order valence-electron chi connectivity index (χ1n) is 8.71. The van der Waals surface area contributed by atoms with Gasteiger partial charge in [0.05, 0.1) is 10.6 Å². The number of anilines is 1. The second kappa shape index (κ2) is 7.99. The fourth-order valence-electron chi connectivity index (χ4n) is 3.17. The van der Waals surface area contributed by atoms with Gasteiger partial charge in [0.15, 0.2) is 6.61 Å². The Kier molecular flexibility index (Phi) is 5.50. The first-order valence-corrected chi connectivity index (χ1v) is 8.71. The zero-order valence-electron chi connectivity index (χ0n) is 14.4. The minimum atomic E-state index is -0.546. The normalized spacial score (nSPS) is 16.4. The number of amides is 2. The first-order chi connectivity index (χ1) is 12.5. The number of nitro benzene ring substituents is 1. The molecule has 138 valence electrons. The molecule has 1 aromatic carbocycles. The molecule has 0 saturated carbocycles. The van der Waals surface area contributed by atoms with Gasteiger partial charge in [-0.3, -0.25) is 24.6 Å². The van der Waals surface area contributed by atoms with E-state index < -0.39 is 10.8 Å². The summed E-state index contributed by atoms with van der Waals surface area (Å²) in [5.41, 5.74) is 1.46. The topological polar surface area (TPSA) is 102 Å². The minimum absolute atomic E-state index is 0.156. The van der Waals surface area contributed by atoms with Crippen LogP contribution in [0.3, 0.4) is 0 Å². The average molecular weight is 359 g/mol. The molecule has 0 atom stereocenters. The number of carbonyl (C=O) groups is 2. The van der Waals surface area contributed by atoms with Crippen LogP contribution in [0.5, 0.6) is 5.75 Å². The van der Waals surface area contributed by atoms with Gasteiger partial charge in [-0.15, -0.1) is 0 Å². The molecular weight excluding hydrogens is 338 g/mol. The molecule has 0 fully saturated rings. The highest BCUT2D eigenvalue weighted by molar-refractivity contribution is 6.02. The van der Waals surface area contributed by atoms with Crippen molar-refractivity contribution >= 4 is 23.2 Å². The number of fused-ring (bicyclic) bond motifs is 1. The number of non-ortho nitro benzene ring substituents is 1. The van der Waals surface area contributed by atoms with Gasteiger partial charge in [-0.2, -0.15) is 0 Å². The molecule has 0 saturated heterocycles. The van der Waals surface area contributed by atoms with Crippen LogP contribution in [0.2, 0.25) is 0 Å². The summed E-state index contributed by atoms with van der Waals surface area (Å²) in [5, 5.41) is 13.8. The van der Waals surface area contributed by atoms with Crippen LogP contribution in [-0.2, 0) is 9.59 Å². The highest BCUT2D eigenvalue weighted by Gasteiger charge is 2.29. The van der Waals surface area contributed by atoms with Crippen LogP contribution in [0.1, 0.15) is 32.1 Å². The number of carbonyl (C=O) groups excluding carboxylic acids is 2. The fourth-order valence-corrected chi connectivity index (χ4v) is 3.17. The molecule has 0 spiro atoms. The smallest absolute Gasteiger partial charge is 0.271 e. The van der Waals surface area contributed by atoms with Gasteiger partial charge in [-0.05, 0) is 38.2 Å². The lowest BCUT2D eigenvalue weighted by atomic mass is 9.97. The monoisotopic (exact) mass is 359 g/mol. The van der Waals surface area contributed by atoms with Crippen LogP contribution in [0.25, 0.3) is 0 Å². The van der Waals surface area contributed by atoms with Crippen molar-refractivity contribution in [2.24, 2.45) is 0 Å². The minimum Gasteiger partial charge on any atom is -0.482 e. The molecule has 8 nitrogen and oxygen atoms in total. The van der Waals surface area contributed by atoms with Crippen molar-refractivity contribution < 1.29 is 19.2 Å². The second-order valence-electron chi connectivity index (χ2n) is 6.39. The Bertz CT molecular complexity index is 759. The van der Waals surface area contributed by atoms with Gasteiger partial charge in [0.2, 0.25) is 5.91 Å². The van der Waals surface area contributed by atoms with E-state index in [0.717, 1.165) is 19.3 Å². The van der Waals surface area contributed by atoms with E-state index in [4.69, 9.17) is 4.74 Å². The van der Waals surface area contributed by atoms with Crippen LogP contribution in [0.15, 0.2) is 29.8 Å². The molecule has 1 heterocycles. The predicted molar refractivity (Wildman–Crippen MR) is 95.1 cm³/mol. The number of hydrogen-bond acceptors (Lipinski definition) is 5. The van der Waals surface area contributed by atoms with Crippen LogP contribution < -0.4 is 15.0 Å². The molecule has 2 aliphatic rings. The number of ether oxygens (including phenoxy) is 1. The van der Waals surface area contributed by atoms with Crippen LogP contribution in [0, 0.1) is 10.1 Å². The molecule has 0 bridgehead atoms. The molecule has 1 aliphatic heterocycles. The van der Waals surface area contributed by atoms with E-state index >= 15 is 0 Å². The molecule has 3 rings (SSSR count). The van der Waals surface area contributed by atoms with E-state index in [9.17, 15) is 19.7 Å². The van der Waals surface area contributed by atoms with Crippen molar-refractivity contribution in [3.63, 3.8) is 0 Å².